The van der Waals surface area contributed by atoms with E-state index in [2.05, 4.69) is 9.89 Å². The van der Waals surface area contributed by atoms with Gasteiger partial charge in [0.05, 0.1) is 23.2 Å². The van der Waals surface area contributed by atoms with E-state index in [0.29, 0.717) is 15.2 Å². The Morgan fingerprint density at radius 3 is 2.89 bits per heavy atom. The van der Waals surface area contributed by atoms with Gasteiger partial charge in [0.2, 0.25) is 5.96 Å². The molecule has 1 aliphatic heterocycles. The maximum Gasteiger partial charge on any atom is 0.201 e. The average molecular weight is 308 g/mol. The minimum Gasteiger partial charge on any atom is -0.395 e. The van der Waals surface area contributed by atoms with Crippen molar-refractivity contribution in [3.8, 4) is 0 Å². The zero-order valence-electron chi connectivity index (χ0n) is 10.1. The van der Waals surface area contributed by atoms with Gasteiger partial charge in [-0.05, 0) is 13.0 Å². The molecule has 7 heteroatoms. The van der Waals surface area contributed by atoms with Crippen molar-refractivity contribution >= 4 is 46.2 Å². The summed E-state index contributed by atoms with van der Waals surface area (Å²) in [6.45, 7) is 5.05. The molecule has 0 fully saturated rings. The zero-order valence-corrected chi connectivity index (χ0v) is 12.4. The first-order chi connectivity index (χ1) is 8.67. The van der Waals surface area contributed by atoms with Gasteiger partial charge in [-0.25, -0.2) is 0 Å². The van der Waals surface area contributed by atoms with Crippen LogP contribution in [-0.2, 0) is 0 Å². The number of rotatable bonds is 4. The number of guanidine groups is 1. The summed E-state index contributed by atoms with van der Waals surface area (Å²) in [7, 11) is 0. The van der Waals surface area contributed by atoms with Crippen LogP contribution >= 0.6 is 34.5 Å². The van der Waals surface area contributed by atoms with Crippen LogP contribution in [0.4, 0.5) is 5.69 Å². The molecule has 100 valence electrons. The number of likely N-dealkylation sites (N-methyl/N-ethyl adjacent to an activating group) is 1. The fourth-order valence-corrected chi connectivity index (χ4v) is 3.44. The highest BCUT2D eigenvalue weighted by Gasteiger charge is 2.26. The highest BCUT2D eigenvalue weighted by Crippen LogP contribution is 2.38. The van der Waals surface area contributed by atoms with Crippen molar-refractivity contribution in [2.75, 3.05) is 37.7 Å². The predicted molar refractivity (Wildman–Crippen MR) is 78.3 cm³/mol. The molecule has 2 rings (SSSR count). The second-order valence-corrected chi connectivity index (χ2v) is 6.13. The summed E-state index contributed by atoms with van der Waals surface area (Å²) in [5, 5.41) is 9.08. The Hall–Kier alpha value is -0.490. The normalized spacial score (nSPS) is 15.1. The number of nitrogens with zero attached hydrogens (tertiary/aromatic N) is 3. The molecule has 0 radical (unpaired) electrons. The number of aliphatic hydroxyl groups is 1. The number of aliphatic hydroxyl groups excluding tert-OH is 1. The SMILES string of the molecule is CCN(CCO)C1=NCCN1c1cc(Cl)sc1Cl. The van der Waals surface area contributed by atoms with Crippen LogP contribution < -0.4 is 4.90 Å². The summed E-state index contributed by atoms with van der Waals surface area (Å²) in [5.74, 6) is 0.864. The number of aliphatic imine (C=N–C) groups is 1. The quantitative estimate of drug-likeness (QED) is 0.929. The second-order valence-electron chi connectivity index (χ2n) is 3.85. The molecule has 0 saturated carbocycles. The number of anilines is 1. The van der Waals surface area contributed by atoms with E-state index in [1.807, 2.05) is 17.9 Å². The van der Waals surface area contributed by atoms with Gasteiger partial charge in [0, 0.05) is 19.6 Å². The van der Waals surface area contributed by atoms with Gasteiger partial charge in [-0.2, -0.15) is 0 Å². The van der Waals surface area contributed by atoms with E-state index in [-0.39, 0.29) is 6.61 Å². The minimum atomic E-state index is 0.110. The molecule has 0 amide bonds. The average Bonchev–Trinajstić information content (AvgIpc) is 2.92. The van der Waals surface area contributed by atoms with Gasteiger partial charge < -0.3 is 14.9 Å². The molecule has 0 bridgehead atoms. The third-order valence-corrected chi connectivity index (χ3v) is 4.25. The first-order valence-corrected chi connectivity index (χ1v) is 7.37. The first-order valence-electron chi connectivity index (χ1n) is 5.80. The van der Waals surface area contributed by atoms with Gasteiger partial charge in [-0.15, -0.1) is 11.3 Å². The van der Waals surface area contributed by atoms with Gasteiger partial charge in [0.25, 0.3) is 0 Å². The lowest BCUT2D eigenvalue weighted by Crippen LogP contribution is -2.43. The Bertz CT molecular complexity index is 449. The van der Waals surface area contributed by atoms with Gasteiger partial charge in [0.15, 0.2) is 0 Å². The molecule has 0 atom stereocenters. The van der Waals surface area contributed by atoms with Gasteiger partial charge in [-0.3, -0.25) is 4.99 Å². The molecule has 0 saturated heterocycles. The lowest BCUT2D eigenvalue weighted by molar-refractivity contribution is 0.252. The smallest absolute Gasteiger partial charge is 0.201 e. The lowest BCUT2D eigenvalue weighted by Gasteiger charge is -2.29. The van der Waals surface area contributed by atoms with E-state index < -0.39 is 0 Å². The van der Waals surface area contributed by atoms with Crippen LogP contribution in [0.15, 0.2) is 11.1 Å². The number of hydrogen-bond donors (Lipinski definition) is 1. The zero-order chi connectivity index (χ0) is 13.1. The standard InChI is InChI=1S/C11H15Cl2N3OS/c1-2-15(5-6-17)11-14-3-4-16(11)8-7-9(12)18-10(8)13/h7,17H,2-6H2,1H3. The fourth-order valence-electron chi connectivity index (χ4n) is 1.97. The Kier molecular flexibility index (Phi) is 4.72. The molecule has 18 heavy (non-hydrogen) atoms. The molecular formula is C11H15Cl2N3OS. The lowest BCUT2D eigenvalue weighted by atomic mass is 10.4. The van der Waals surface area contributed by atoms with Crippen molar-refractivity contribution in [1.82, 2.24) is 4.90 Å². The largest absolute Gasteiger partial charge is 0.395 e. The van der Waals surface area contributed by atoms with Crippen LogP contribution in [0.25, 0.3) is 0 Å². The topological polar surface area (TPSA) is 39.1 Å². The fraction of sp³-hybridized carbons (Fsp3) is 0.545. The van der Waals surface area contributed by atoms with Gasteiger partial charge in [-0.1, -0.05) is 23.2 Å². The van der Waals surface area contributed by atoms with Crippen molar-refractivity contribution in [2.45, 2.75) is 6.92 Å². The highest BCUT2D eigenvalue weighted by molar-refractivity contribution is 7.20. The summed E-state index contributed by atoms with van der Waals surface area (Å²) in [6, 6.07) is 1.86. The van der Waals surface area contributed by atoms with Crippen LogP contribution in [0.1, 0.15) is 6.92 Å². The van der Waals surface area contributed by atoms with Gasteiger partial charge in [0.1, 0.15) is 4.34 Å². The molecule has 4 nitrogen and oxygen atoms in total. The summed E-state index contributed by atoms with van der Waals surface area (Å²) in [6.07, 6.45) is 0. The first kappa shape index (κ1) is 13.9. The maximum absolute atomic E-state index is 9.08. The Balaban J connectivity index is 2.23. The molecule has 0 aromatic carbocycles. The van der Waals surface area contributed by atoms with Crippen molar-refractivity contribution in [3.63, 3.8) is 0 Å². The molecule has 0 aliphatic carbocycles. The molecule has 2 heterocycles. The van der Waals surface area contributed by atoms with E-state index in [9.17, 15) is 0 Å². The highest BCUT2D eigenvalue weighted by atomic mass is 35.5. The predicted octanol–water partition coefficient (Wildman–Crippen LogP) is 2.55. The van der Waals surface area contributed by atoms with Crippen molar-refractivity contribution in [2.24, 2.45) is 4.99 Å². The van der Waals surface area contributed by atoms with Crippen LogP contribution in [0, 0.1) is 0 Å². The molecule has 1 N–H and O–H groups in total. The number of hydrogen-bond acceptors (Lipinski definition) is 5. The molecule has 0 unspecified atom stereocenters. The Morgan fingerprint density at radius 1 is 1.56 bits per heavy atom. The van der Waals surface area contributed by atoms with Crippen molar-refractivity contribution in [3.05, 3.63) is 14.7 Å². The van der Waals surface area contributed by atoms with Crippen LogP contribution in [0.5, 0.6) is 0 Å². The van der Waals surface area contributed by atoms with Crippen LogP contribution in [0.2, 0.25) is 8.67 Å². The van der Waals surface area contributed by atoms with E-state index in [0.717, 1.165) is 31.3 Å². The molecular weight excluding hydrogens is 293 g/mol. The minimum absolute atomic E-state index is 0.110. The maximum atomic E-state index is 9.08. The number of halogens is 2. The summed E-state index contributed by atoms with van der Waals surface area (Å²) < 4.78 is 1.35. The van der Waals surface area contributed by atoms with Crippen molar-refractivity contribution in [1.29, 1.82) is 0 Å². The number of thiophene rings is 1. The Labute approximate surface area is 120 Å². The summed E-state index contributed by atoms with van der Waals surface area (Å²) >= 11 is 13.5. The molecule has 0 spiro atoms. The monoisotopic (exact) mass is 307 g/mol. The van der Waals surface area contributed by atoms with Crippen LogP contribution in [0.3, 0.4) is 0 Å². The second kappa shape index (κ2) is 6.10. The third-order valence-electron chi connectivity index (χ3n) is 2.78. The Morgan fingerprint density at radius 2 is 2.33 bits per heavy atom. The summed E-state index contributed by atoms with van der Waals surface area (Å²) in [5.41, 5.74) is 0.902. The van der Waals surface area contributed by atoms with E-state index in [1.54, 1.807) is 0 Å². The molecule has 1 aromatic heterocycles. The van der Waals surface area contributed by atoms with E-state index >= 15 is 0 Å². The summed E-state index contributed by atoms with van der Waals surface area (Å²) in [4.78, 5) is 8.59. The third kappa shape index (κ3) is 2.74. The van der Waals surface area contributed by atoms with Crippen LogP contribution in [-0.4, -0.2) is 48.8 Å². The molecule has 1 aliphatic rings. The van der Waals surface area contributed by atoms with E-state index in [1.165, 1.54) is 11.3 Å². The van der Waals surface area contributed by atoms with E-state index in [4.69, 9.17) is 28.3 Å². The van der Waals surface area contributed by atoms with Crippen molar-refractivity contribution < 1.29 is 5.11 Å². The molecule has 1 aromatic rings. The van der Waals surface area contributed by atoms with Gasteiger partial charge >= 0.3 is 0 Å².